The van der Waals surface area contributed by atoms with Gasteiger partial charge >= 0.3 is 5.97 Å². The second-order valence-electron chi connectivity index (χ2n) is 27.0. The zero-order valence-corrected chi connectivity index (χ0v) is 57.9. The van der Waals surface area contributed by atoms with Crippen molar-refractivity contribution in [3.63, 3.8) is 0 Å². The number of aliphatic hydroxyl groups excluding tert-OH is 2. The predicted octanol–water partition coefficient (Wildman–Crippen LogP) is 25.7. The number of allylic oxidation sites excluding steroid dienone is 4. The molecule has 2 atom stereocenters. The quantitative estimate of drug-likeness (QED) is 0.0320. The molecule has 6 nitrogen and oxygen atoms in total. The SMILES string of the molecule is CCC/C=C\C/C=C\CCCCCCCC(=O)OCCCCCCCCCCCCCCCCCCCCCCCCCCCCCCCCCC(=O)NC(CO)C(O)CCCCCCCCCCCCCCCCCCCCCCCCCC. The Labute approximate surface area is 532 Å². The van der Waals surface area contributed by atoms with E-state index < -0.39 is 12.1 Å². The highest BCUT2D eigenvalue weighted by Crippen LogP contribution is 2.20. The van der Waals surface area contributed by atoms with Crippen LogP contribution in [0.25, 0.3) is 0 Å². The molecular formula is C79H153NO5. The van der Waals surface area contributed by atoms with Gasteiger partial charge < -0.3 is 20.3 Å². The molecule has 0 aromatic carbocycles. The number of ether oxygens (including phenoxy) is 1. The molecular weight excluding hydrogens is 1040 g/mol. The molecule has 0 spiro atoms. The molecule has 0 radical (unpaired) electrons. The molecule has 0 aliphatic heterocycles. The molecule has 0 saturated heterocycles. The second kappa shape index (κ2) is 74.8. The summed E-state index contributed by atoms with van der Waals surface area (Å²) in [6, 6.07) is -0.539. The van der Waals surface area contributed by atoms with Crippen LogP contribution in [0.2, 0.25) is 0 Å². The minimum Gasteiger partial charge on any atom is -0.466 e. The summed E-state index contributed by atoms with van der Waals surface area (Å²) in [6.45, 7) is 4.93. The molecule has 0 aromatic heterocycles. The third-order valence-electron chi connectivity index (χ3n) is 18.5. The van der Waals surface area contributed by atoms with Gasteiger partial charge in [-0.1, -0.05) is 404 Å². The van der Waals surface area contributed by atoms with Crippen molar-refractivity contribution >= 4 is 11.9 Å². The van der Waals surface area contributed by atoms with Gasteiger partial charge in [0, 0.05) is 12.8 Å². The van der Waals surface area contributed by atoms with E-state index in [-0.39, 0.29) is 18.5 Å². The number of esters is 1. The number of amides is 1. The van der Waals surface area contributed by atoms with Crippen molar-refractivity contribution in [3.8, 4) is 0 Å². The third-order valence-corrected chi connectivity index (χ3v) is 18.5. The van der Waals surface area contributed by atoms with Gasteiger partial charge in [-0.15, -0.1) is 0 Å². The summed E-state index contributed by atoms with van der Waals surface area (Å²) in [6.07, 6.45) is 95.5. The standard InChI is InChI=1S/C79H153NO5/c1-3-5-7-9-11-13-15-17-18-19-20-21-22-32-35-38-41-44-48-51-55-59-63-67-71-77(82)76(75-81)80-78(83)72-68-64-60-56-52-49-45-42-39-36-33-30-28-26-24-23-25-27-29-31-34-37-40-43-46-50-54-58-62-66-70-74-85-79(84)73-69-65-61-57-53-47-16-14-12-10-8-6-4-2/h8,10,14,16,76-77,81-82H,3-7,9,11-13,15,17-75H2,1-2H3,(H,80,83)/b10-8-,16-14-. The molecule has 3 N–H and O–H groups in total. The predicted molar refractivity (Wildman–Crippen MR) is 375 cm³/mol. The average molecular weight is 1200 g/mol. The first-order chi connectivity index (χ1) is 42.0. The van der Waals surface area contributed by atoms with E-state index in [1.165, 1.54) is 360 Å². The van der Waals surface area contributed by atoms with Crippen LogP contribution in [0, 0.1) is 0 Å². The normalized spacial score (nSPS) is 12.6. The molecule has 1 amide bonds. The van der Waals surface area contributed by atoms with Crippen LogP contribution in [0.5, 0.6) is 0 Å². The molecule has 0 rings (SSSR count). The van der Waals surface area contributed by atoms with E-state index in [9.17, 15) is 19.8 Å². The fourth-order valence-electron chi connectivity index (χ4n) is 12.6. The fraction of sp³-hybridized carbons (Fsp3) is 0.924. The number of carbonyl (C=O) groups is 2. The van der Waals surface area contributed by atoms with Gasteiger partial charge in [0.05, 0.1) is 25.4 Å². The fourth-order valence-corrected chi connectivity index (χ4v) is 12.6. The Kier molecular flexibility index (Phi) is 73.3. The van der Waals surface area contributed by atoms with E-state index in [2.05, 4.69) is 43.5 Å². The summed E-state index contributed by atoms with van der Waals surface area (Å²) in [5, 5.41) is 23.5. The van der Waals surface area contributed by atoms with Gasteiger partial charge in [-0.3, -0.25) is 9.59 Å². The third kappa shape index (κ3) is 71.3. The Bertz CT molecular complexity index is 1330. The maximum Gasteiger partial charge on any atom is 0.305 e. The summed E-state index contributed by atoms with van der Waals surface area (Å²) in [5.74, 6) is -0.0189. The summed E-state index contributed by atoms with van der Waals surface area (Å²) < 4.78 is 5.48. The largest absolute Gasteiger partial charge is 0.466 e. The first-order valence-electron chi connectivity index (χ1n) is 39.1. The molecule has 0 heterocycles. The zero-order valence-electron chi connectivity index (χ0n) is 57.9. The Morgan fingerprint density at radius 1 is 0.329 bits per heavy atom. The smallest absolute Gasteiger partial charge is 0.305 e. The molecule has 6 heteroatoms. The molecule has 504 valence electrons. The molecule has 0 aliphatic carbocycles. The molecule has 0 bridgehead atoms. The number of carbonyl (C=O) groups excluding carboxylic acids is 2. The van der Waals surface area contributed by atoms with Crippen molar-refractivity contribution in [2.45, 2.75) is 456 Å². The molecule has 0 aromatic rings. The van der Waals surface area contributed by atoms with Crippen molar-refractivity contribution in [2.24, 2.45) is 0 Å². The second-order valence-corrected chi connectivity index (χ2v) is 27.0. The summed E-state index contributed by atoms with van der Waals surface area (Å²) >= 11 is 0. The van der Waals surface area contributed by atoms with Crippen LogP contribution >= 0.6 is 0 Å². The van der Waals surface area contributed by atoms with Gasteiger partial charge in [0.2, 0.25) is 5.91 Å². The van der Waals surface area contributed by atoms with Crippen molar-refractivity contribution in [2.75, 3.05) is 13.2 Å². The Hall–Kier alpha value is -1.66. The van der Waals surface area contributed by atoms with Gasteiger partial charge in [-0.25, -0.2) is 0 Å². The number of hydrogen-bond donors (Lipinski definition) is 3. The lowest BCUT2D eigenvalue weighted by molar-refractivity contribution is -0.143. The van der Waals surface area contributed by atoms with E-state index >= 15 is 0 Å². The van der Waals surface area contributed by atoms with E-state index in [1.807, 2.05) is 0 Å². The Morgan fingerprint density at radius 3 is 0.941 bits per heavy atom. The van der Waals surface area contributed by atoms with Crippen molar-refractivity contribution in [1.82, 2.24) is 5.32 Å². The first kappa shape index (κ1) is 83.3. The van der Waals surface area contributed by atoms with Crippen LogP contribution in [0.4, 0.5) is 0 Å². The lowest BCUT2D eigenvalue weighted by atomic mass is 10.0. The molecule has 0 saturated carbocycles. The van der Waals surface area contributed by atoms with Gasteiger partial charge in [-0.2, -0.15) is 0 Å². The number of nitrogens with one attached hydrogen (secondary N) is 1. The van der Waals surface area contributed by atoms with E-state index in [0.29, 0.717) is 25.9 Å². The highest BCUT2D eigenvalue weighted by atomic mass is 16.5. The average Bonchev–Trinajstić information content (AvgIpc) is 3.51. The topological polar surface area (TPSA) is 95.9 Å². The van der Waals surface area contributed by atoms with Gasteiger partial charge in [0.1, 0.15) is 0 Å². The van der Waals surface area contributed by atoms with E-state index in [4.69, 9.17) is 4.74 Å². The van der Waals surface area contributed by atoms with Crippen LogP contribution in [0.15, 0.2) is 24.3 Å². The van der Waals surface area contributed by atoms with Crippen LogP contribution in [0.1, 0.15) is 444 Å². The van der Waals surface area contributed by atoms with Crippen LogP contribution in [-0.2, 0) is 14.3 Å². The molecule has 0 fully saturated rings. The highest BCUT2D eigenvalue weighted by Gasteiger charge is 2.20. The Morgan fingerprint density at radius 2 is 0.612 bits per heavy atom. The monoisotopic (exact) mass is 1200 g/mol. The Balaban J connectivity index is 3.34. The summed E-state index contributed by atoms with van der Waals surface area (Å²) in [4.78, 5) is 24.6. The van der Waals surface area contributed by atoms with Crippen LogP contribution in [0.3, 0.4) is 0 Å². The van der Waals surface area contributed by atoms with Crippen molar-refractivity contribution < 1.29 is 24.5 Å². The molecule has 2 unspecified atom stereocenters. The van der Waals surface area contributed by atoms with Crippen LogP contribution < -0.4 is 5.32 Å². The van der Waals surface area contributed by atoms with Crippen molar-refractivity contribution in [1.29, 1.82) is 0 Å². The minimum absolute atomic E-state index is 0.00616. The lowest BCUT2D eigenvalue weighted by Gasteiger charge is -2.22. The molecule has 0 aliphatic rings. The summed E-state index contributed by atoms with van der Waals surface area (Å²) in [5.41, 5.74) is 0. The van der Waals surface area contributed by atoms with E-state index in [0.717, 1.165) is 51.4 Å². The maximum atomic E-state index is 12.6. The number of unbranched alkanes of at least 4 members (excludes halogenated alkanes) is 59. The number of hydrogen-bond acceptors (Lipinski definition) is 5. The number of aliphatic hydroxyl groups is 2. The first-order valence-corrected chi connectivity index (χ1v) is 39.1. The van der Waals surface area contributed by atoms with Gasteiger partial charge in [-0.05, 0) is 51.4 Å². The zero-order chi connectivity index (χ0) is 61.3. The number of rotatable bonds is 74. The minimum atomic E-state index is -0.663. The van der Waals surface area contributed by atoms with Gasteiger partial charge in [0.15, 0.2) is 0 Å². The van der Waals surface area contributed by atoms with E-state index in [1.54, 1.807) is 0 Å². The lowest BCUT2D eigenvalue weighted by Crippen LogP contribution is -2.45. The maximum absolute atomic E-state index is 12.6. The van der Waals surface area contributed by atoms with Gasteiger partial charge in [0.25, 0.3) is 0 Å². The summed E-state index contributed by atoms with van der Waals surface area (Å²) in [7, 11) is 0. The highest BCUT2D eigenvalue weighted by molar-refractivity contribution is 5.76. The molecule has 85 heavy (non-hydrogen) atoms. The van der Waals surface area contributed by atoms with Crippen molar-refractivity contribution in [3.05, 3.63) is 24.3 Å². The van der Waals surface area contributed by atoms with Crippen LogP contribution in [-0.4, -0.2) is 47.4 Å².